The number of halogens is 2. The summed E-state index contributed by atoms with van der Waals surface area (Å²) >= 11 is 7.19. The zero-order chi connectivity index (χ0) is 14.8. The van der Waals surface area contributed by atoms with Gasteiger partial charge < -0.3 is 0 Å². The molecule has 0 spiro atoms. The van der Waals surface area contributed by atoms with Gasteiger partial charge in [-0.2, -0.15) is 0 Å². The molecule has 0 heterocycles. The van der Waals surface area contributed by atoms with E-state index in [-0.39, 0.29) is 17.0 Å². The molecule has 0 fully saturated rings. The zero-order valence-electron chi connectivity index (χ0n) is 9.67. The van der Waals surface area contributed by atoms with Gasteiger partial charge in [-0.3, -0.25) is 14.9 Å². The Bertz CT molecular complexity index is 611. The predicted octanol–water partition coefficient (Wildman–Crippen LogP) is 2.54. The quantitative estimate of drug-likeness (QED) is 0.241. The number of ketones is 1. The van der Waals surface area contributed by atoms with Gasteiger partial charge in [-0.15, -0.1) is 0 Å². The lowest BCUT2D eigenvalue weighted by molar-refractivity contribution is -0.384. The number of nitrogens with zero attached hydrogens (tertiary/aromatic N) is 1. The molecule has 0 aliphatic carbocycles. The largest absolute Gasteiger partial charge is 0.290 e. The lowest BCUT2D eigenvalue weighted by atomic mass is 10.1. The maximum atomic E-state index is 12.1. The number of Topliss-reactive ketones (excluding diaryl/α,β-unsaturated/α-hetero) is 1. The van der Waals surface area contributed by atoms with E-state index in [1.54, 1.807) is 0 Å². The summed E-state index contributed by atoms with van der Waals surface area (Å²) in [5, 5.41) is 10.5. The lowest BCUT2D eigenvalue weighted by Gasteiger charge is -2.18. The molecule has 19 heavy (non-hydrogen) atoms. The molecule has 0 saturated carbocycles. The van der Waals surface area contributed by atoms with Crippen LogP contribution < -0.4 is 0 Å². The summed E-state index contributed by atoms with van der Waals surface area (Å²) in [6.45, 7) is 1.38. The van der Waals surface area contributed by atoms with Crippen LogP contribution in [0.5, 0.6) is 0 Å². The first-order valence-electron chi connectivity index (χ1n) is 5.03. The highest BCUT2D eigenvalue weighted by atomic mass is 127. The van der Waals surface area contributed by atoms with Crippen molar-refractivity contribution in [1.82, 2.24) is 0 Å². The van der Waals surface area contributed by atoms with Gasteiger partial charge >= 0.3 is 0 Å². The van der Waals surface area contributed by atoms with Crippen LogP contribution in [0.3, 0.4) is 0 Å². The van der Waals surface area contributed by atoms with E-state index in [0.717, 1.165) is 12.1 Å². The molecule has 6 nitrogen and oxygen atoms in total. The molecule has 0 aliphatic heterocycles. The molecule has 1 atom stereocenters. The molecule has 0 amide bonds. The van der Waals surface area contributed by atoms with Crippen LogP contribution in [0.1, 0.15) is 17.3 Å². The Balaban J connectivity index is 3.17. The van der Waals surface area contributed by atoms with Crippen molar-refractivity contribution in [2.24, 2.45) is 0 Å². The summed E-state index contributed by atoms with van der Waals surface area (Å²) in [5.41, 5.74) is -0.185. The molecular weight excluding hydrogens is 409 g/mol. The van der Waals surface area contributed by atoms with Gasteiger partial charge in [0.2, 0.25) is 5.78 Å². The molecule has 0 aromatic heterocycles. The van der Waals surface area contributed by atoms with Crippen molar-refractivity contribution < 1.29 is 18.1 Å². The van der Waals surface area contributed by atoms with Crippen molar-refractivity contribution in [3.63, 3.8) is 0 Å². The van der Waals surface area contributed by atoms with Gasteiger partial charge in [0, 0.05) is 17.7 Å². The van der Waals surface area contributed by atoms with E-state index >= 15 is 0 Å². The summed E-state index contributed by atoms with van der Waals surface area (Å²) in [6.07, 6.45) is 0. The normalized spacial score (nSPS) is 14.7. The third-order valence-electron chi connectivity index (χ3n) is 2.38. The van der Waals surface area contributed by atoms with Crippen molar-refractivity contribution in [2.75, 3.05) is 5.75 Å². The molecule has 0 unspecified atom stereocenters. The zero-order valence-corrected chi connectivity index (χ0v) is 13.4. The standard InChI is InChI=1S/C10H9ClINO5S/c1-2-19(17,18)10(11,12)9(14)7-3-5-8(6-4-7)13(15)16/h3-6H,2H2,1H3/t10-/m1/s1. The Hall–Kier alpha value is -0.740. The molecule has 0 radical (unpaired) electrons. The molecular formula is C10H9ClINO5S. The summed E-state index contributed by atoms with van der Waals surface area (Å²) in [7, 11) is -3.80. The molecule has 1 aromatic carbocycles. The molecule has 0 saturated heterocycles. The van der Waals surface area contributed by atoms with Gasteiger partial charge in [-0.05, 0) is 34.7 Å². The number of carbonyl (C=O) groups excluding carboxylic acids is 1. The van der Waals surface area contributed by atoms with Gasteiger partial charge in [0.25, 0.3) is 7.90 Å². The highest BCUT2D eigenvalue weighted by Crippen LogP contribution is 2.35. The van der Waals surface area contributed by atoms with Crippen molar-refractivity contribution in [3.05, 3.63) is 39.9 Å². The first-order valence-corrected chi connectivity index (χ1v) is 8.13. The topological polar surface area (TPSA) is 94.3 Å². The number of nitro benzene ring substituents is 1. The minimum Gasteiger partial charge on any atom is -0.290 e. The fraction of sp³-hybridized carbons (Fsp3) is 0.300. The lowest BCUT2D eigenvalue weighted by Crippen LogP contribution is -2.36. The van der Waals surface area contributed by atoms with Crippen LogP contribution in [0.4, 0.5) is 5.69 Å². The van der Waals surface area contributed by atoms with Crippen LogP contribution >= 0.6 is 34.2 Å². The van der Waals surface area contributed by atoms with Gasteiger partial charge in [-0.25, -0.2) is 8.42 Å². The average Bonchev–Trinajstić information content (AvgIpc) is 2.37. The number of rotatable bonds is 5. The number of hydrogen-bond acceptors (Lipinski definition) is 5. The van der Waals surface area contributed by atoms with Gasteiger partial charge in [-0.1, -0.05) is 18.5 Å². The first-order chi connectivity index (χ1) is 8.63. The van der Waals surface area contributed by atoms with E-state index in [2.05, 4.69) is 0 Å². The van der Waals surface area contributed by atoms with Crippen molar-refractivity contribution in [2.45, 2.75) is 9.14 Å². The Kier molecular flexibility index (Phi) is 4.91. The van der Waals surface area contributed by atoms with Crippen LogP contribution in [0.25, 0.3) is 0 Å². The fourth-order valence-electron chi connectivity index (χ4n) is 1.23. The number of non-ortho nitro benzene ring substituents is 1. The van der Waals surface area contributed by atoms with Crippen LogP contribution in [-0.2, 0) is 9.84 Å². The van der Waals surface area contributed by atoms with Gasteiger partial charge in [0.1, 0.15) is 0 Å². The van der Waals surface area contributed by atoms with E-state index < -0.39 is 22.8 Å². The highest BCUT2D eigenvalue weighted by molar-refractivity contribution is 14.1. The first kappa shape index (κ1) is 16.3. The summed E-state index contributed by atoms with van der Waals surface area (Å²) in [6, 6.07) is 4.60. The number of benzene rings is 1. The van der Waals surface area contributed by atoms with E-state index in [1.165, 1.54) is 41.6 Å². The van der Waals surface area contributed by atoms with Crippen LogP contribution in [0.2, 0.25) is 0 Å². The molecule has 0 bridgehead atoms. The molecule has 104 valence electrons. The Morgan fingerprint density at radius 1 is 1.42 bits per heavy atom. The summed E-state index contributed by atoms with van der Waals surface area (Å²) < 4.78 is 21.4. The Morgan fingerprint density at radius 3 is 2.26 bits per heavy atom. The number of hydrogen-bond donors (Lipinski definition) is 0. The minimum atomic E-state index is -3.80. The Morgan fingerprint density at radius 2 is 1.89 bits per heavy atom. The van der Waals surface area contributed by atoms with Crippen molar-refractivity contribution >= 4 is 55.5 Å². The molecule has 0 aliphatic rings. The molecule has 0 N–H and O–H groups in total. The van der Waals surface area contributed by atoms with Crippen LogP contribution in [-0.4, -0.2) is 27.1 Å². The van der Waals surface area contributed by atoms with Gasteiger partial charge in [0.15, 0.2) is 9.84 Å². The number of carbonyl (C=O) groups is 1. The maximum Gasteiger partial charge on any atom is 0.269 e. The second-order valence-corrected chi connectivity index (χ2v) is 9.75. The van der Waals surface area contributed by atoms with Crippen molar-refractivity contribution in [3.8, 4) is 0 Å². The Labute approximate surface area is 128 Å². The summed E-state index contributed by atoms with van der Waals surface area (Å²) in [5.74, 6) is -1.09. The SMILES string of the molecule is CCS(=O)(=O)[C@](Cl)(I)C(=O)c1ccc([N+](=O)[O-])cc1. The van der Waals surface area contributed by atoms with Crippen molar-refractivity contribution in [1.29, 1.82) is 0 Å². The molecule has 9 heteroatoms. The van der Waals surface area contributed by atoms with Crippen LogP contribution in [0, 0.1) is 10.1 Å². The smallest absolute Gasteiger partial charge is 0.269 e. The summed E-state index contributed by atoms with van der Waals surface area (Å²) in [4.78, 5) is 21.9. The van der Waals surface area contributed by atoms with E-state index in [0.29, 0.717) is 0 Å². The number of sulfone groups is 1. The predicted molar refractivity (Wildman–Crippen MR) is 79.5 cm³/mol. The number of alkyl halides is 2. The fourth-order valence-corrected chi connectivity index (χ4v) is 3.67. The maximum absolute atomic E-state index is 12.1. The van der Waals surface area contributed by atoms with E-state index in [1.807, 2.05) is 0 Å². The number of nitro groups is 1. The second kappa shape index (κ2) is 5.71. The monoisotopic (exact) mass is 417 g/mol. The minimum absolute atomic E-state index is 0.00650. The second-order valence-electron chi connectivity index (χ2n) is 3.55. The highest BCUT2D eigenvalue weighted by Gasteiger charge is 2.45. The van der Waals surface area contributed by atoms with Gasteiger partial charge in [0.05, 0.1) is 10.7 Å². The average molecular weight is 418 g/mol. The third-order valence-corrected chi connectivity index (χ3v) is 7.48. The molecule has 1 rings (SSSR count). The van der Waals surface area contributed by atoms with Crippen LogP contribution in [0.15, 0.2) is 24.3 Å². The van der Waals surface area contributed by atoms with E-state index in [9.17, 15) is 23.3 Å². The van der Waals surface area contributed by atoms with E-state index in [4.69, 9.17) is 11.6 Å². The molecule has 1 aromatic rings. The third kappa shape index (κ3) is 3.23.